The van der Waals surface area contributed by atoms with Crippen LogP contribution in [0, 0.1) is 0 Å². The molecule has 5 rings (SSSR count). The van der Waals surface area contributed by atoms with E-state index in [1.54, 1.807) is 14.2 Å². The molecule has 0 atom stereocenters. The lowest BCUT2D eigenvalue weighted by Crippen LogP contribution is -2.10. The van der Waals surface area contributed by atoms with E-state index in [1.165, 1.54) is 0 Å². The van der Waals surface area contributed by atoms with Crippen LogP contribution in [-0.4, -0.2) is 20.4 Å². The second kappa shape index (κ2) is 11.8. The van der Waals surface area contributed by atoms with Gasteiger partial charge in [0.1, 0.15) is 11.5 Å². The molecule has 0 heterocycles. The molecule has 0 fully saturated rings. The summed E-state index contributed by atoms with van der Waals surface area (Å²) in [6.45, 7) is 0. The number of ether oxygens (including phenoxy) is 2. The lowest BCUT2D eigenvalue weighted by Gasteiger charge is -2.26. The molecule has 188 valence electrons. The average Bonchev–Trinajstić information content (AvgIpc) is 3.00. The summed E-state index contributed by atoms with van der Waals surface area (Å²) >= 11 is 0. The molecule has 5 aromatic rings. The fraction of sp³-hybridized carbons (Fsp3) is 0.0606. The third kappa shape index (κ3) is 5.68. The Morgan fingerprint density at radius 2 is 0.868 bits per heavy atom. The number of methoxy groups -OCH3 is 2. The van der Waals surface area contributed by atoms with Crippen LogP contribution in [0.1, 0.15) is 5.56 Å². The summed E-state index contributed by atoms with van der Waals surface area (Å²) in [5, 5.41) is 6.77. The number of hydrogen-bond acceptors (Lipinski definition) is 5. The van der Waals surface area contributed by atoms with Gasteiger partial charge in [-0.2, -0.15) is 5.10 Å². The highest BCUT2D eigenvalue weighted by Crippen LogP contribution is 2.36. The molecular weight excluding hydrogens is 470 g/mol. The van der Waals surface area contributed by atoms with Crippen LogP contribution in [0.25, 0.3) is 0 Å². The molecule has 0 aromatic heterocycles. The van der Waals surface area contributed by atoms with Gasteiger partial charge in [0.15, 0.2) is 0 Å². The highest BCUT2D eigenvalue weighted by Gasteiger charge is 2.13. The van der Waals surface area contributed by atoms with Crippen LogP contribution in [0.4, 0.5) is 28.4 Å². The van der Waals surface area contributed by atoms with E-state index < -0.39 is 0 Å². The maximum atomic E-state index is 5.36. The highest BCUT2D eigenvalue weighted by molar-refractivity contribution is 5.84. The molecule has 5 nitrogen and oxygen atoms in total. The van der Waals surface area contributed by atoms with E-state index >= 15 is 0 Å². The monoisotopic (exact) mass is 499 g/mol. The second-order valence-electron chi connectivity index (χ2n) is 8.55. The summed E-state index contributed by atoms with van der Waals surface area (Å²) < 4.78 is 10.7. The Bertz CT molecular complexity index is 1360. The Kier molecular flexibility index (Phi) is 7.66. The molecular formula is C33H29N3O2. The first-order chi connectivity index (χ1) is 18.7. The molecule has 0 aliphatic heterocycles. The number of nitrogens with zero attached hydrogens (tertiary/aromatic N) is 3. The van der Waals surface area contributed by atoms with Crippen LogP contribution in [0.3, 0.4) is 0 Å². The summed E-state index contributed by atoms with van der Waals surface area (Å²) in [7, 11) is 3.35. The Hall–Kier alpha value is -5.03. The summed E-state index contributed by atoms with van der Waals surface area (Å²) in [6, 6.07) is 44.7. The normalized spacial score (nSPS) is 10.8. The molecule has 0 saturated heterocycles. The largest absolute Gasteiger partial charge is 0.497 e. The van der Waals surface area contributed by atoms with Gasteiger partial charge in [-0.05, 0) is 90.5 Å². The maximum absolute atomic E-state index is 5.36. The smallest absolute Gasteiger partial charge is 0.119 e. The fourth-order valence-electron chi connectivity index (χ4n) is 4.16. The molecule has 0 aliphatic rings. The van der Waals surface area contributed by atoms with E-state index in [4.69, 9.17) is 14.6 Å². The predicted octanol–water partition coefficient (Wildman–Crippen LogP) is 8.35. The second-order valence-corrected chi connectivity index (χ2v) is 8.55. The van der Waals surface area contributed by atoms with E-state index in [-0.39, 0.29) is 0 Å². The topological polar surface area (TPSA) is 37.3 Å². The fourth-order valence-corrected chi connectivity index (χ4v) is 4.16. The number of anilines is 5. The van der Waals surface area contributed by atoms with Crippen molar-refractivity contribution < 1.29 is 9.47 Å². The molecule has 0 unspecified atom stereocenters. The molecule has 0 bridgehead atoms. The van der Waals surface area contributed by atoms with Gasteiger partial charge >= 0.3 is 0 Å². The summed E-state index contributed by atoms with van der Waals surface area (Å²) in [5.41, 5.74) is 6.07. The lowest BCUT2D eigenvalue weighted by molar-refractivity contribution is 0.415. The molecule has 0 amide bonds. The van der Waals surface area contributed by atoms with E-state index in [1.807, 2.05) is 71.9 Å². The van der Waals surface area contributed by atoms with Gasteiger partial charge in [0.05, 0.1) is 31.8 Å². The van der Waals surface area contributed by atoms with Gasteiger partial charge in [0.25, 0.3) is 0 Å². The van der Waals surface area contributed by atoms with Crippen molar-refractivity contribution in [2.75, 3.05) is 24.1 Å². The van der Waals surface area contributed by atoms with Gasteiger partial charge in [-0.1, -0.05) is 48.5 Å². The molecule has 38 heavy (non-hydrogen) atoms. The van der Waals surface area contributed by atoms with Crippen molar-refractivity contribution in [3.8, 4) is 11.5 Å². The van der Waals surface area contributed by atoms with Crippen molar-refractivity contribution in [2.24, 2.45) is 5.10 Å². The Morgan fingerprint density at radius 1 is 0.474 bits per heavy atom. The van der Waals surface area contributed by atoms with Crippen LogP contribution in [0.15, 0.2) is 139 Å². The van der Waals surface area contributed by atoms with Crippen molar-refractivity contribution in [1.82, 2.24) is 0 Å². The quantitative estimate of drug-likeness (QED) is 0.151. The molecule has 5 heteroatoms. The Labute approximate surface area is 223 Å². The van der Waals surface area contributed by atoms with Crippen molar-refractivity contribution in [3.05, 3.63) is 139 Å². The third-order valence-corrected chi connectivity index (χ3v) is 6.14. The zero-order valence-electron chi connectivity index (χ0n) is 21.4. The van der Waals surface area contributed by atoms with E-state index in [0.717, 1.165) is 45.5 Å². The van der Waals surface area contributed by atoms with Crippen LogP contribution in [0.2, 0.25) is 0 Å². The molecule has 0 radical (unpaired) electrons. The molecule has 0 spiro atoms. The Morgan fingerprint density at radius 3 is 1.26 bits per heavy atom. The maximum Gasteiger partial charge on any atom is 0.119 e. The number of hydrogen-bond donors (Lipinski definition) is 0. The molecule has 0 saturated carbocycles. The number of hydrazone groups is 1. The minimum Gasteiger partial charge on any atom is -0.497 e. The zero-order chi connectivity index (χ0) is 26.2. The average molecular weight is 500 g/mol. The van der Waals surface area contributed by atoms with Crippen molar-refractivity contribution in [1.29, 1.82) is 0 Å². The standard InChI is InChI=1S/C33H29N3O2/c1-37-32-21-17-28(18-22-32)35(29-19-23-33(38-2)24-20-29)27-15-13-26(14-16-27)25-34-36(30-9-5-3-6-10-30)31-11-7-4-8-12-31/h3-25H,1-2H3. The van der Waals surface area contributed by atoms with Gasteiger partial charge in [-0.3, -0.25) is 0 Å². The van der Waals surface area contributed by atoms with Gasteiger partial charge in [-0.25, -0.2) is 5.01 Å². The van der Waals surface area contributed by atoms with Crippen molar-refractivity contribution in [2.45, 2.75) is 0 Å². The molecule has 5 aromatic carbocycles. The van der Waals surface area contributed by atoms with Crippen LogP contribution in [0.5, 0.6) is 11.5 Å². The van der Waals surface area contributed by atoms with Crippen molar-refractivity contribution >= 4 is 34.7 Å². The van der Waals surface area contributed by atoms with Crippen molar-refractivity contribution in [3.63, 3.8) is 0 Å². The first-order valence-electron chi connectivity index (χ1n) is 12.4. The summed E-state index contributed by atoms with van der Waals surface area (Å²) in [4.78, 5) is 2.19. The first-order valence-corrected chi connectivity index (χ1v) is 12.4. The minimum atomic E-state index is 0.816. The van der Waals surface area contributed by atoms with E-state index in [9.17, 15) is 0 Å². The summed E-state index contributed by atoms with van der Waals surface area (Å²) in [5.74, 6) is 1.63. The molecule has 0 N–H and O–H groups in total. The van der Waals surface area contributed by atoms with E-state index in [0.29, 0.717) is 0 Å². The molecule has 0 aliphatic carbocycles. The minimum absolute atomic E-state index is 0.816. The predicted molar refractivity (Wildman–Crippen MR) is 157 cm³/mol. The van der Waals surface area contributed by atoms with Crippen LogP contribution < -0.4 is 19.4 Å². The van der Waals surface area contributed by atoms with Gasteiger partial charge in [0.2, 0.25) is 0 Å². The van der Waals surface area contributed by atoms with Gasteiger partial charge < -0.3 is 14.4 Å². The van der Waals surface area contributed by atoms with Gasteiger partial charge in [0, 0.05) is 17.1 Å². The summed E-state index contributed by atoms with van der Waals surface area (Å²) in [6.07, 6.45) is 1.88. The SMILES string of the molecule is COc1ccc(N(c2ccc(C=NN(c3ccccc3)c3ccccc3)cc2)c2ccc(OC)cc2)cc1. The van der Waals surface area contributed by atoms with E-state index in [2.05, 4.69) is 77.7 Å². The number of rotatable bonds is 9. The van der Waals surface area contributed by atoms with Gasteiger partial charge in [-0.15, -0.1) is 0 Å². The first kappa shape index (κ1) is 24.7. The Balaban J connectivity index is 1.45. The van der Waals surface area contributed by atoms with Crippen LogP contribution in [-0.2, 0) is 0 Å². The van der Waals surface area contributed by atoms with Crippen LogP contribution >= 0.6 is 0 Å². The lowest BCUT2D eigenvalue weighted by atomic mass is 10.1. The number of benzene rings is 5. The third-order valence-electron chi connectivity index (χ3n) is 6.14. The number of para-hydroxylation sites is 2. The zero-order valence-corrected chi connectivity index (χ0v) is 21.4. The highest BCUT2D eigenvalue weighted by atomic mass is 16.5.